The van der Waals surface area contributed by atoms with Crippen molar-refractivity contribution in [1.29, 1.82) is 0 Å². The molecule has 1 aromatic heterocycles. The zero-order valence-electron chi connectivity index (χ0n) is 9.66. The molecule has 0 aliphatic carbocycles. The van der Waals surface area contributed by atoms with Crippen molar-refractivity contribution in [3.8, 4) is 0 Å². The largest absolute Gasteiger partial charge is 0.310 e. The molecule has 0 atom stereocenters. The molecule has 0 spiro atoms. The number of allylic oxidation sites excluding steroid dienone is 1. The molecule has 1 N–H and O–H groups in total. The predicted octanol–water partition coefficient (Wildman–Crippen LogP) is 2.68. The highest BCUT2D eigenvalue weighted by molar-refractivity contribution is 5.77. The second-order valence-corrected chi connectivity index (χ2v) is 3.02. The Hall–Kier alpha value is -1.90. The number of nitrogens with zero attached hydrogens (tertiary/aromatic N) is 1. The Kier molecular flexibility index (Phi) is 4.45. The lowest BCUT2D eigenvalue weighted by Gasteiger charge is -1.99. The van der Waals surface area contributed by atoms with Crippen LogP contribution in [0.1, 0.15) is 19.7 Å². The molecular formula is C13H16N2O. The van der Waals surface area contributed by atoms with E-state index in [4.69, 9.17) is 0 Å². The topological polar surface area (TPSA) is 45.8 Å². The molecule has 0 fully saturated rings. The average molecular weight is 216 g/mol. The summed E-state index contributed by atoms with van der Waals surface area (Å²) in [5.74, 6) is 0.656. The van der Waals surface area contributed by atoms with E-state index in [1.54, 1.807) is 12.1 Å². The van der Waals surface area contributed by atoms with Crippen molar-refractivity contribution in [3.63, 3.8) is 0 Å². The van der Waals surface area contributed by atoms with Crippen LogP contribution in [0.5, 0.6) is 0 Å². The lowest BCUT2D eigenvalue weighted by molar-refractivity contribution is 0.996. The summed E-state index contributed by atoms with van der Waals surface area (Å²) in [4.78, 5) is 18.6. The maximum Gasteiger partial charge on any atom is 0.258 e. The van der Waals surface area contributed by atoms with Crippen molar-refractivity contribution in [3.05, 3.63) is 53.1 Å². The van der Waals surface area contributed by atoms with Gasteiger partial charge in [-0.3, -0.25) is 4.79 Å². The second-order valence-electron chi connectivity index (χ2n) is 3.02. The number of hydrogen-bond donors (Lipinski definition) is 1. The van der Waals surface area contributed by atoms with Crippen LogP contribution in [0.25, 0.3) is 10.9 Å². The number of aromatic nitrogens is 2. The number of rotatable bonds is 2. The highest BCUT2D eigenvalue weighted by Crippen LogP contribution is 2.05. The summed E-state index contributed by atoms with van der Waals surface area (Å²) in [7, 11) is 0. The Bertz CT molecular complexity index is 529. The molecule has 2 rings (SSSR count). The minimum atomic E-state index is -0.0903. The molecule has 16 heavy (non-hydrogen) atoms. The molecule has 2 aromatic rings. The Morgan fingerprint density at radius 3 is 2.75 bits per heavy atom. The Morgan fingerprint density at radius 1 is 1.38 bits per heavy atom. The second kappa shape index (κ2) is 5.85. The number of nitrogens with one attached hydrogen (secondary N) is 1. The van der Waals surface area contributed by atoms with Crippen LogP contribution in [0.2, 0.25) is 0 Å². The minimum absolute atomic E-state index is 0.0903. The van der Waals surface area contributed by atoms with Gasteiger partial charge in [-0.2, -0.15) is 0 Å². The van der Waals surface area contributed by atoms with E-state index in [0.29, 0.717) is 17.6 Å². The van der Waals surface area contributed by atoms with Gasteiger partial charge in [0.2, 0.25) is 0 Å². The zero-order valence-corrected chi connectivity index (χ0v) is 9.66. The predicted molar refractivity (Wildman–Crippen MR) is 67.6 cm³/mol. The third-order valence-corrected chi connectivity index (χ3v) is 2.00. The summed E-state index contributed by atoms with van der Waals surface area (Å²) in [6, 6.07) is 7.29. The third-order valence-electron chi connectivity index (χ3n) is 2.00. The lowest BCUT2D eigenvalue weighted by atomic mass is 10.2. The molecule has 0 aliphatic heterocycles. The smallest absolute Gasteiger partial charge is 0.258 e. The molecule has 84 valence electrons. The van der Waals surface area contributed by atoms with E-state index in [0.717, 1.165) is 5.52 Å². The number of fused-ring (bicyclic) bond motifs is 1. The molecule has 0 unspecified atom stereocenters. The first kappa shape index (κ1) is 12.2. The first-order chi connectivity index (χ1) is 7.81. The van der Waals surface area contributed by atoms with Crippen LogP contribution >= 0.6 is 0 Å². The monoisotopic (exact) mass is 216 g/mol. The fraction of sp³-hybridized carbons (Fsp3) is 0.231. The Morgan fingerprint density at radius 2 is 2.06 bits per heavy atom. The number of hydrogen-bond acceptors (Lipinski definition) is 2. The van der Waals surface area contributed by atoms with E-state index in [1.165, 1.54) is 0 Å². The Balaban J connectivity index is 0.000000606. The zero-order chi connectivity index (χ0) is 12.0. The summed E-state index contributed by atoms with van der Waals surface area (Å²) in [6.45, 7) is 7.60. The van der Waals surface area contributed by atoms with Crippen molar-refractivity contribution < 1.29 is 0 Å². The molecule has 0 aliphatic rings. The fourth-order valence-corrected chi connectivity index (χ4v) is 1.37. The molecule has 0 radical (unpaired) electrons. The van der Waals surface area contributed by atoms with E-state index in [1.807, 2.05) is 32.0 Å². The van der Waals surface area contributed by atoms with E-state index >= 15 is 0 Å². The van der Waals surface area contributed by atoms with Gasteiger partial charge in [-0.15, -0.1) is 6.58 Å². The van der Waals surface area contributed by atoms with Gasteiger partial charge >= 0.3 is 0 Å². The van der Waals surface area contributed by atoms with E-state index in [9.17, 15) is 4.79 Å². The maximum absolute atomic E-state index is 11.5. The van der Waals surface area contributed by atoms with Gasteiger partial charge in [0.1, 0.15) is 5.82 Å². The SMILES string of the molecule is C=CCc1nc2ccccc2c(=O)[nH]1.CC. The standard InChI is InChI=1S/C11H10N2O.C2H6/c1-2-5-10-12-9-7-4-3-6-8(9)11(14)13-10;1-2/h2-4,6-7H,1,5H2,(H,12,13,14);1-2H3. The van der Waals surface area contributed by atoms with Gasteiger partial charge in [0.15, 0.2) is 0 Å². The van der Waals surface area contributed by atoms with Crippen molar-refractivity contribution in [2.45, 2.75) is 20.3 Å². The van der Waals surface area contributed by atoms with Gasteiger partial charge in [0, 0.05) is 6.42 Å². The molecule has 0 amide bonds. The summed E-state index contributed by atoms with van der Waals surface area (Å²) in [5, 5.41) is 0.625. The molecule has 0 saturated heterocycles. The molecule has 0 bridgehead atoms. The molecule has 3 nitrogen and oxygen atoms in total. The van der Waals surface area contributed by atoms with E-state index in [2.05, 4.69) is 16.5 Å². The van der Waals surface area contributed by atoms with E-state index in [-0.39, 0.29) is 5.56 Å². The normalized spacial score (nSPS) is 9.38. The molecule has 3 heteroatoms. The van der Waals surface area contributed by atoms with Crippen molar-refractivity contribution in [1.82, 2.24) is 9.97 Å². The summed E-state index contributed by atoms with van der Waals surface area (Å²) >= 11 is 0. The van der Waals surface area contributed by atoms with Crippen LogP contribution in [0.4, 0.5) is 0 Å². The van der Waals surface area contributed by atoms with E-state index < -0.39 is 0 Å². The van der Waals surface area contributed by atoms with Crippen molar-refractivity contribution in [2.75, 3.05) is 0 Å². The van der Waals surface area contributed by atoms with Gasteiger partial charge in [-0.1, -0.05) is 32.1 Å². The summed E-state index contributed by atoms with van der Waals surface area (Å²) in [6.07, 6.45) is 2.30. The quantitative estimate of drug-likeness (QED) is 0.784. The Labute approximate surface area is 94.9 Å². The van der Waals surface area contributed by atoms with Crippen molar-refractivity contribution in [2.24, 2.45) is 0 Å². The number of benzene rings is 1. The van der Waals surface area contributed by atoms with Gasteiger partial charge in [-0.05, 0) is 12.1 Å². The summed E-state index contributed by atoms with van der Waals surface area (Å²) < 4.78 is 0. The van der Waals surface area contributed by atoms with Crippen LogP contribution < -0.4 is 5.56 Å². The van der Waals surface area contributed by atoms with Crippen LogP contribution in [-0.4, -0.2) is 9.97 Å². The number of para-hydroxylation sites is 1. The lowest BCUT2D eigenvalue weighted by Crippen LogP contribution is -2.11. The third kappa shape index (κ3) is 2.57. The molecule has 1 heterocycles. The van der Waals surface area contributed by atoms with Gasteiger partial charge in [0.05, 0.1) is 10.9 Å². The van der Waals surface area contributed by atoms with Gasteiger partial charge in [-0.25, -0.2) is 4.98 Å². The fourth-order valence-electron chi connectivity index (χ4n) is 1.37. The number of H-pyrrole nitrogens is 1. The van der Waals surface area contributed by atoms with Crippen LogP contribution in [0.3, 0.4) is 0 Å². The molecular weight excluding hydrogens is 200 g/mol. The molecule has 0 saturated carbocycles. The molecule has 1 aromatic carbocycles. The minimum Gasteiger partial charge on any atom is -0.310 e. The van der Waals surface area contributed by atoms with Crippen LogP contribution in [0.15, 0.2) is 41.7 Å². The van der Waals surface area contributed by atoms with Gasteiger partial charge < -0.3 is 4.98 Å². The summed E-state index contributed by atoms with van der Waals surface area (Å²) in [5.41, 5.74) is 0.639. The number of aromatic amines is 1. The highest BCUT2D eigenvalue weighted by atomic mass is 16.1. The highest BCUT2D eigenvalue weighted by Gasteiger charge is 2.00. The first-order valence-corrected chi connectivity index (χ1v) is 5.40. The van der Waals surface area contributed by atoms with Crippen LogP contribution in [-0.2, 0) is 6.42 Å². The average Bonchev–Trinajstić information content (AvgIpc) is 2.32. The maximum atomic E-state index is 11.5. The van der Waals surface area contributed by atoms with Crippen LogP contribution in [0, 0.1) is 0 Å². The van der Waals surface area contributed by atoms with Crippen molar-refractivity contribution >= 4 is 10.9 Å². The van der Waals surface area contributed by atoms with Gasteiger partial charge in [0.25, 0.3) is 5.56 Å². The first-order valence-electron chi connectivity index (χ1n) is 5.40.